The van der Waals surface area contributed by atoms with E-state index < -0.39 is 34.4 Å². The molecule has 0 aliphatic carbocycles. The molecule has 1 heterocycles. The van der Waals surface area contributed by atoms with Crippen molar-refractivity contribution in [3.63, 3.8) is 0 Å². The maximum Gasteiger partial charge on any atom is 0.332 e. The van der Waals surface area contributed by atoms with Crippen molar-refractivity contribution in [2.24, 2.45) is 0 Å². The molecular weight excluding hydrogens is 346 g/mol. The Kier molecular flexibility index (Phi) is 5.91. The molecule has 0 saturated heterocycles. The summed E-state index contributed by atoms with van der Waals surface area (Å²) >= 11 is 0. The molecule has 140 valence electrons. The van der Waals surface area contributed by atoms with Crippen LogP contribution in [0.1, 0.15) is 37.0 Å². The lowest BCUT2D eigenvalue weighted by atomic mass is 10.2. The van der Waals surface area contributed by atoms with Gasteiger partial charge >= 0.3 is 5.69 Å². The third-order valence-electron chi connectivity index (χ3n) is 3.79. The minimum Gasteiger partial charge on any atom is -0.383 e. The normalized spacial score (nSPS) is 10.8. The van der Waals surface area contributed by atoms with E-state index in [9.17, 15) is 23.2 Å². The fourth-order valence-electron chi connectivity index (χ4n) is 2.58. The molecule has 1 aromatic heterocycles. The molecule has 7 nitrogen and oxygen atoms in total. The first-order valence-corrected chi connectivity index (χ1v) is 8.21. The van der Waals surface area contributed by atoms with Gasteiger partial charge in [0.2, 0.25) is 0 Å². The van der Waals surface area contributed by atoms with E-state index in [1.165, 1.54) is 0 Å². The predicted molar refractivity (Wildman–Crippen MR) is 94.3 cm³/mol. The number of hydrogen-bond donors (Lipinski definition) is 2. The minimum atomic E-state index is -1.16. The molecule has 0 saturated carbocycles. The number of nitrogen functional groups attached to an aromatic ring is 1. The molecule has 9 heteroatoms. The molecule has 0 radical (unpaired) electrons. The summed E-state index contributed by atoms with van der Waals surface area (Å²) in [6, 6.07) is 2.97. The lowest BCUT2D eigenvalue weighted by Crippen LogP contribution is -2.43. The average Bonchev–Trinajstić information content (AvgIpc) is 2.59. The Labute approximate surface area is 148 Å². The second-order valence-corrected chi connectivity index (χ2v) is 5.70. The highest BCUT2D eigenvalue weighted by atomic mass is 19.1. The molecule has 1 aromatic carbocycles. The molecular formula is C17H20F2N4O3. The van der Waals surface area contributed by atoms with Crippen molar-refractivity contribution in [2.45, 2.75) is 39.8 Å². The van der Waals surface area contributed by atoms with Gasteiger partial charge in [0.25, 0.3) is 11.5 Å². The summed E-state index contributed by atoms with van der Waals surface area (Å²) in [5, 5.41) is 2.16. The predicted octanol–water partition coefficient (Wildman–Crippen LogP) is 1.94. The Hall–Kier alpha value is -2.97. The fraction of sp³-hybridized carbons (Fsp3) is 0.353. The SMILES string of the molecule is CCCn1c(N)c(NC(=O)c2c(F)cccc2F)c(=O)n(CCC)c1=O. The van der Waals surface area contributed by atoms with Gasteiger partial charge in [0.1, 0.15) is 28.7 Å². The molecule has 0 aliphatic heterocycles. The summed E-state index contributed by atoms with van der Waals surface area (Å²) < 4.78 is 29.7. The van der Waals surface area contributed by atoms with Crippen LogP contribution < -0.4 is 22.3 Å². The number of carbonyl (C=O) groups excluding carboxylic acids is 1. The smallest absolute Gasteiger partial charge is 0.332 e. The van der Waals surface area contributed by atoms with E-state index in [1.54, 1.807) is 6.92 Å². The number of rotatable bonds is 6. The highest BCUT2D eigenvalue weighted by Gasteiger charge is 2.22. The van der Waals surface area contributed by atoms with Crippen molar-refractivity contribution in [2.75, 3.05) is 11.1 Å². The summed E-state index contributed by atoms with van der Waals surface area (Å²) in [4.78, 5) is 37.3. The number of anilines is 2. The molecule has 0 spiro atoms. The summed E-state index contributed by atoms with van der Waals surface area (Å²) in [5.41, 5.74) is 3.27. The van der Waals surface area contributed by atoms with Gasteiger partial charge < -0.3 is 11.1 Å². The number of aromatic nitrogens is 2. The first-order valence-electron chi connectivity index (χ1n) is 8.21. The highest BCUT2D eigenvalue weighted by molar-refractivity contribution is 6.05. The quantitative estimate of drug-likeness (QED) is 0.816. The van der Waals surface area contributed by atoms with Crippen LogP contribution >= 0.6 is 0 Å². The monoisotopic (exact) mass is 366 g/mol. The molecule has 26 heavy (non-hydrogen) atoms. The molecule has 0 bridgehead atoms. The van der Waals surface area contributed by atoms with Crippen molar-refractivity contribution in [3.05, 3.63) is 56.2 Å². The van der Waals surface area contributed by atoms with Crippen molar-refractivity contribution in [1.29, 1.82) is 0 Å². The third-order valence-corrected chi connectivity index (χ3v) is 3.79. The molecule has 0 aliphatic rings. The van der Waals surface area contributed by atoms with Crippen LogP contribution in [0.5, 0.6) is 0 Å². The Morgan fingerprint density at radius 3 is 2.15 bits per heavy atom. The Morgan fingerprint density at radius 2 is 1.62 bits per heavy atom. The number of carbonyl (C=O) groups is 1. The van der Waals surface area contributed by atoms with E-state index in [0.29, 0.717) is 12.8 Å². The van der Waals surface area contributed by atoms with Crippen LogP contribution in [0.3, 0.4) is 0 Å². The van der Waals surface area contributed by atoms with Crippen LogP contribution in [-0.4, -0.2) is 15.0 Å². The molecule has 1 amide bonds. The molecule has 0 fully saturated rings. The number of halogens is 2. The summed E-state index contributed by atoms with van der Waals surface area (Å²) in [5.74, 6) is -3.55. The molecule has 2 rings (SSSR count). The topological polar surface area (TPSA) is 99.1 Å². The highest BCUT2D eigenvalue weighted by Crippen LogP contribution is 2.17. The zero-order valence-electron chi connectivity index (χ0n) is 14.5. The van der Waals surface area contributed by atoms with Crippen LogP contribution in [0.2, 0.25) is 0 Å². The van der Waals surface area contributed by atoms with E-state index in [1.807, 2.05) is 6.92 Å². The summed E-state index contributed by atoms with van der Waals surface area (Å²) in [7, 11) is 0. The van der Waals surface area contributed by atoms with Crippen molar-refractivity contribution in [1.82, 2.24) is 9.13 Å². The second kappa shape index (κ2) is 7.94. The van der Waals surface area contributed by atoms with E-state index in [2.05, 4.69) is 5.32 Å². The standard InChI is InChI=1S/C17H20F2N4O3/c1-3-8-22-14(20)13(16(25)23(9-4-2)17(22)26)21-15(24)12-10(18)6-5-7-11(12)19/h5-7H,3-4,8-9,20H2,1-2H3,(H,21,24). The van der Waals surface area contributed by atoms with Crippen LogP contribution in [-0.2, 0) is 13.1 Å². The number of nitrogens with zero attached hydrogens (tertiary/aromatic N) is 2. The Morgan fingerprint density at radius 1 is 1.08 bits per heavy atom. The van der Waals surface area contributed by atoms with E-state index >= 15 is 0 Å². The lowest BCUT2D eigenvalue weighted by molar-refractivity contribution is 0.101. The van der Waals surface area contributed by atoms with E-state index in [0.717, 1.165) is 27.3 Å². The van der Waals surface area contributed by atoms with Gasteiger partial charge in [-0.25, -0.2) is 13.6 Å². The van der Waals surface area contributed by atoms with Crippen LogP contribution in [0.25, 0.3) is 0 Å². The van der Waals surface area contributed by atoms with Gasteiger partial charge in [-0.05, 0) is 25.0 Å². The van der Waals surface area contributed by atoms with E-state index in [4.69, 9.17) is 5.73 Å². The van der Waals surface area contributed by atoms with Gasteiger partial charge in [-0.15, -0.1) is 0 Å². The fourth-order valence-corrected chi connectivity index (χ4v) is 2.58. The Balaban J connectivity index is 2.60. The summed E-state index contributed by atoms with van der Waals surface area (Å²) in [6.45, 7) is 3.94. The van der Waals surface area contributed by atoms with Crippen molar-refractivity contribution >= 4 is 17.4 Å². The van der Waals surface area contributed by atoms with Gasteiger partial charge in [-0.1, -0.05) is 19.9 Å². The van der Waals surface area contributed by atoms with E-state index in [-0.39, 0.29) is 24.6 Å². The van der Waals surface area contributed by atoms with Gasteiger partial charge in [0, 0.05) is 13.1 Å². The maximum absolute atomic E-state index is 13.8. The average molecular weight is 366 g/mol. The van der Waals surface area contributed by atoms with Gasteiger partial charge in [-0.2, -0.15) is 0 Å². The van der Waals surface area contributed by atoms with Crippen LogP contribution in [0.15, 0.2) is 27.8 Å². The number of nitrogens with two attached hydrogens (primary N) is 1. The van der Waals surface area contributed by atoms with Crippen molar-refractivity contribution < 1.29 is 13.6 Å². The number of hydrogen-bond acceptors (Lipinski definition) is 4. The van der Waals surface area contributed by atoms with Crippen LogP contribution in [0, 0.1) is 11.6 Å². The van der Waals surface area contributed by atoms with Gasteiger partial charge in [0.15, 0.2) is 0 Å². The molecule has 2 aromatic rings. The number of nitrogens with one attached hydrogen (secondary N) is 1. The maximum atomic E-state index is 13.8. The largest absolute Gasteiger partial charge is 0.383 e. The van der Waals surface area contributed by atoms with Gasteiger partial charge in [0.05, 0.1) is 0 Å². The lowest BCUT2D eigenvalue weighted by Gasteiger charge is -2.16. The first kappa shape index (κ1) is 19.4. The Bertz CT molecular complexity index is 930. The minimum absolute atomic E-state index is 0.124. The molecule has 3 N–H and O–H groups in total. The summed E-state index contributed by atoms with van der Waals surface area (Å²) in [6.07, 6.45) is 1.06. The van der Waals surface area contributed by atoms with Crippen LogP contribution in [0.4, 0.5) is 20.3 Å². The third kappa shape index (κ3) is 3.51. The number of benzene rings is 1. The molecule has 0 atom stereocenters. The second-order valence-electron chi connectivity index (χ2n) is 5.70. The van der Waals surface area contributed by atoms with Gasteiger partial charge in [-0.3, -0.25) is 18.7 Å². The number of amides is 1. The van der Waals surface area contributed by atoms with Crippen molar-refractivity contribution in [3.8, 4) is 0 Å². The molecule has 0 unspecified atom stereocenters. The first-order chi connectivity index (χ1) is 12.3. The zero-order chi connectivity index (χ0) is 19.4. The zero-order valence-corrected chi connectivity index (χ0v) is 14.5.